The Morgan fingerprint density at radius 3 is 1.60 bits per heavy atom. The van der Waals surface area contributed by atoms with Gasteiger partial charge in [-0.2, -0.15) is 0 Å². The monoisotopic (exact) mass is 540 g/mol. The van der Waals surface area contributed by atoms with Gasteiger partial charge in [0.1, 0.15) is 11.3 Å². The average molecular weight is 541 g/mol. The Labute approximate surface area is 206 Å². The van der Waals surface area contributed by atoms with Crippen molar-refractivity contribution in [2.45, 2.75) is 0 Å². The number of methoxy groups -OCH3 is 1. The first kappa shape index (κ1) is 25.1. The number of nitrogens with one attached hydrogen (secondary N) is 2. The molecule has 3 rings (SSSR count). The highest BCUT2D eigenvalue weighted by atomic mass is 79.9. The third kappa shape index (κ3) is 6.06. The van der Waals surface area contributed by atoms with E-state index in [1.165, 1.54) is 55.6 Å². The molecule has 0 spiro atoms. The van der Waals surface area contributed by atoms with E-state index in [0.29, 0.717) is 11.3 Å². The molecule has 2 N–H and O–H groups in total. The number of para-hydroxylation sites is 1. The van der Waals surface area contributed by atoms with Gasteiger partial charge in [-0.1, -0.05) is 18.2 Å². The number of benzene rings is 3. The molecule has 178 valence electrons. The number of rotatable bonds is 8. The van der Waals surface area contributed by atoms with E-state index in [1.54, 1.807) is 24.3 Å². The molecule has 0 atom stereocenters. The molecule has 3 aromatic rings. The van der Waals surface area contributed by atoms with Gasteiger partial charge < -0.3 is 15.4 Å². The van der Waals surface area contributed by atoms with Crippen LogP contribution in [-0.2, 0) is 9.59 Å². The van der Waals surface area contributed by atoms with E-state index in [0.717, 1.165) is 0 Å². The first-order valence-electron chi connectivity index (χ1n) is 9.86. The lowest BCUT2D eigenvalue weighted by Crippen LogP contribution is -2.26. The van der Waals surface area contributed by atoms with Crippen molar-refractivity contribution in [3.63, 3.8) is 0 Å². The van der Waals surface area contributed by atoms with Gasteiger partial charge in [-0.25, -0.2) is 0 Å². The number of carbonyl (C=O) groups is 2. The summed E-state index contributed by atoms with van der Waals surface area (Å²) in [7, 11) is 1.44. The third-order valence-corrected chi connectivity index (χ3v) is 5.51. The topological polar surface area (TPSA) is 154 Å². The van der Waals surface area contributed by atoms with Crippen LogP contribution in [0.4, 0.5) is 22.7 Å². The molecular weight excluding hydrogens is 524 g/mol. The molecule has 0 aliphatic heterocycles. The minimum absolute atomic E-state index is 0.119. The zero-order chi connectivity index (χ0) is 25.5. The zero-order valence-corrected chi connectivity index (χ0v) is 19.6. The van der Waals surface area contributed by atoms with E-state index in [4.69, 9.17) is 4.74 Å². The molecule has 12 heteroatoms. The van der Waals surface area contributed by atoms with Crippen LogP contribution in [0.1, 0.15) is 5.56 Å². The third-order valence-electron chi connectivity index (χ3n) is 4.69. The van der Waals surface area contributed by atoms with Crippen LogP contribution >= 0.6 is 15.9 Å². The van der Waals surface area contributed by atoms with Gasteiger partial charge in [0.05, 0.1) is 17.0 Å². The van der Waals surface area contributed by atoms with Gasteiger partial charge in [-0.05, 0) is 46.3 Å². The molecule has 0 unspecified atom stereocenters. The summed E-state index contributed by atoms with van der Waals surface area (Å²) in [5.41, 5.74) is 0.215. The summed E-state index contributed by atoms with van der Waals surface area (Å²) in [6.07, 6.45) is 0. The Balaban J connectivity index is 1.99. The molecule has 0 heterocycles. The van der Waals surface area contributed by atoms with Gasteiger partial charge in [0, 0.05) is 45.7 Å². The number of nitro benzene ring substituents is 2. The maximum absolute atomic E-state index is 13.2. The van der Waals surface area contributed by atoms with Crippen molar-refractivity contribution in [3.05, 3.63) is 104 Å². The van der Waals surface area contributed by atoms with Gasteiger partial charge in [-0.3, -0.25) is 29.8 Å². The van der Waals surface area contributed by atoms with Crippen LogP contribution in [0.15, 0.2) is 78.4 Å². The number of hydrogen-bond donors (Lipinski definition) is 2. The van der Waals surface area contributed by atoms with Gasteiger partial charge in [0.2, 0.25) is 0 Å². The lowest BCUT2D eigenvalue weighted by atomic mass is 10.1. The fraction of sp³-hybridized carbons (Fsp3) is 0.0435. The molecular formula is C23H17BrN4O7. The highest BCUT2D eigenvalue weighted by Gasteiger charge is 2.25. The summed E-state index contributed by atoms with van der Waals surface area (Å²) >= 11 is 3.33. The lowest BCUT2D eigenvalue weighted by Gasteiger charge is -2.14. The van der Waals surface area contributed by atoms with Gasteiger partial charge >= 0.3 is 0 Å². The molecule has 3 aromatic carbocycles. The second-order valence-corrected chi connectivity index (χ2v) is 7.70. The minimum atomic E-state index is -0.809. The molecule has 0 aliphatic rings. The Kier molecular flexibility index (Phi) is 7.89. The van der Waals surface area contributed by atoms with Crippen molar-refractivity contribution in [2.75, 3.05) is 17.7 Å². The predicted molar refractivity (Wildman–Crippen MR) is 132 cm³/mol. The smallest absolute Gasteiger partial charge is 0.269 e. The molecule has 2 amide bonds. The Bertz CT molecular complexity index is 1250. The fourth-order valence-corrected chi connectivity index (χ4v) is 3.67. The number of halogens is 1. The highest BCUT2D eigenvalue weighted by molar-refractivity contribution is 9.15. The van der Waals surface area contributed by atoms with Gasteiger partial charge in [-0.15, -0.1) is 0 Å². The number of hydrogen-bond acceptors (Lipinski definition) is 7. The number of ether oxygens (including phenoxy) is 1. The van der Waals surface area contributed by atoms with E-state index in [2.05, 4.69) is 26.6 Å². The SMILES string of the molecule is COc1ccccc1C(Br)=C(C(=O)Nc1ccc([N+](=O)[O-])cc1)C(=O)Nc1ccc([N+](=O)[O-])cc1. The van der Waals surface area contributed by atoms with Crippen molar-refractivity contribution in [1.29, 1.82) is 0 Å². The van der Waals surface area contributed by atoms with Gasteiger partial charge in [0.25, 0.3) is 23.2 Å². The molecule has 11 nitrogen and oxygen atoms in total. The van der Waals surface area contributed by atoms with Crippen molar-refractivity contribution < 1.29 is 24.2 Å². The van der Waals surface area contributed by atoms with E-state index >= 15 is 0 Å². The zero-order valence-electron chi connectivity index (χ0n) is 18.1. The Morgan fingerprint density at radius 2 is 1.20 bits per heavy atom. The van der Waals surface area contributed by atoms with Crippen LogP contribution in [0, 0.1) is 20.2 Å². The Hall–Kier alpha value is -4.58. The molecule has 0 bridgehead atoms. The van der Waals surface area contributed by atoms with Crippen LogP contribution in [0.25, 0.3) is 4.48 Å². The van der Waals surface area contributed by atoms with Crippen molar-refractivity contribution in [2.24, 2.45) is 0 Å². The Morgan fingerprint density at radius 1 is 0.771 bits per heavy atom. The fourth-order valence-electron chi connectivity index (χ4n) is 2.98. The van der Waals surface area contributed by atoms with Crippen LogP contribution in [0.2, 0.25) is 0 Å². The lowest BCUT2D eigenvalue weighted by molar-refractivity contribution is -0.385. The normalized spacial score (nSPS) is 10.1. The van der Waals surface area contributed by atoms with E-state index < -0.39 is 21.7 Å². The van der Waals surface area contributed by atoms with Crippen molar-refractivity contribution in [1.82, 2.24) is 0 Å². The van der Waals surface area contributed by atoms with Crippen LogP contribution in [-0.4, -0.2) is 28.8 Å². The second kappa shape index (κ2) is 11.0. The summed E-state index contributed by atoms with van der Waals surface area (Å²) in [5.74, 6) is -1.23. The van der Waals surface area contributed by atoms with E-state index in [1.807, 2.05) is 0 Å². The second-order valence-electron chi connectivity index (χ2n) is 6.91. The molecule has 35 heavy (non-hydrogen) atoms. The molecule has 0 radical (unpaired) electrons. The largest absolute Gasteiger partial charge is 0.496 e. The van der Waals surface area contributed by atoms with Crippen molar-refractivity contribution in [3.8, 4) is 5.75 Å². The van der Waals surface area contributed by atoms with Crippen LogP contribution < -0.4 is 15.4 Å². The quantitative estimate of drug-likeness (QED) is 0.135. The maximum atomic E-state index is 13.2. The van der Waals surface area contributed by atoms with E-state index in [-0.39, 0.29) is 32.8 Å². The molecule has 0 saturated carbocycles. The van der Waals surface area contributed by atoms with Crippen LogP contribution in [0.3, 0.4) is 0 Å². The molecule has 0 saturated heterocycles. The summed E-state index contributed by atoms with van der Waals surface area (Å²) in [6.45, 7) is 0. The first-order valence-corrected chi connectivity index (χ1v) is 10.7. The minimum Gasteiger partial charge on any atom is -0.496 e. The predicted octanol–water partition coefficient (Wildman–Crippen LogP) is 4.90. The highest BCUT2D eigenvalue weighted by Crippen LogP contribution is 2.33. The summed E-state index contributed by atoms with van der Waals surface area (Å²) in [4.78, 5) is 47.0. The summed E-state index contributed by atoms with van der Waals surface area (Å²) < 4.78 is 5.45. The molecule has 0 aromatic heterocycles. The maximum Gasteiger partial charge on any atom is 0.269 e. The number of carbonyl (C=O) groups excluding carboxylic acids is 2. The number of non-ortho nitro benzene ring substituents is 2. The average Bonchev–Trinajstić information content (AvgIpc) is 2.84. The summed E-state index contributed by atoms with van der Waals surface area (Å²) in [6, 6.07) is 16.9. The van der Waals surface area contributed by atoms with Gasteiger partial charge in [0.15, 0.2) is 0 Å². The van der Waals surface area contributed by atoms with Crippen LogP contribution in [0.5, 0.6) is 5.75 Å². The molecule has 0 fully saturated rings. The number of nitro groups is 2. The first-order chi connectivity index (χ1) is 16.7. The van der Waals surface area contributed by atoms with E-state index in [9.17, 15) is 29.8 Å². The summed E-state index contributed by atoms with van der Waals surface area (Å²) in [5, 5.41) is 26.8. The number of nitrogens with zero attached hydrogens (tertiary/aromatic N) is 2. The number of anilines is 2. The number of amides is 2. The van der Waals surface area contributed by atoms with Crippen molar-refractivity contribution >= 4 is 55.0 Å². The molecule has 0 aliphatic carbocycles. The standard InChI is InChI=1S/C23H17BrN4O7/c1-35-19-5-3-2-4-18(19)21(24)20(22(29)25-14-6-10-16(11-7-14)27(31)32)23(30)26-15-8-12-17(13-9-15)28(33)34/h2-13H,1H3,(H,25,29)(H,26,30).